The molecule has 2 rings (SSSR count). The summed E-state index contributed by atoms with van der Waals surface area (Å²) in [6, 6.07) is 18.4. The number of benzene rings is 2. The van der Waals surface area contributed by atoms with E-state index >= 15 is 0 Å². The van der Waals surface area contributed by atoms with Gasteiger partial charge in [-0.05, 0) is 17.5 Å². The molecular weight excluding hydrogens is 471 g/mol. The number of ether oxygens (including phenoxy) is 2. The maximum Gasteiger partial charge on any atom is 0.309 e. The minimum atomic E-state index is -3.52. The summed E-state index contributed by atoms with van der Waals surface area (Å²) >= 11 is 3.16. The Balaban J connectivity index is 1.91. The zero-order valence-electron chi connectivity index (χ0n) is 16.6. The van der Waals surface area contributed by atoms with E-state index in [-0.39, 0.29) is 38.4 Å². The highest BCUT2D eigenvalue weighted by molar-refractivity contribution is 9.09. The van der Waals surface area contributed by atoms with Crippen LogP contribution in [0, 0.1) is 5.92 Å². The number of hydrogen-bond acceptors (Lipinski definition) is 5. The molecule has 0 aromatic heterocycles. The summed E-state index contributed by atoms with van der Waals surface area (Å²) < 4.78 is 22.9. The topological polar surface area (TPSA) is 89.9 Å². The van der Waals surface area contributed by atoms with Crippen molar-refractivity contribution in [2.45, 2.75) is 26.1 Å². The summed E-state index contributed by atoms with van der Waals surface area (Å²) in [7, 11) is -3.52. The number of alkyl halides is 1. The van der Waals surface area contributed by atoms with Crippen LogP contribution in [-0.4, -0.2) is 34.5 Å². The summed E-state index contributed by atoms with van der Waals surface area (Å²) in [5, 5.41) is 0.353. The monoisotopic (exact) mass is 496 g/mol. The van der Waals surface area contributed by atoms with Gasteiger partial charge in [0.25, 0.3) is 0 Å². The number of halogens is 1. The first-order chi connectivity index (χ1) is 14.4. The molecular formula is C22H26BrO6P. The van der Waals surface area contributed by atoms with Crippen molar-refractivity contribution >= 4 is 35.2 Å². The van der Waals surface area contributed by atoms with E-state index in [2.05, 4.69) is 15.9 Å². The SMILES string of the molecule is O=C(CCC(CP(=O)(O)CCBr)C(=O)OCc1ccccc1)OCc1ccccc1. The Morgan fingerprint density at radius 1 is 0.933 bits per heavy atom. The molecule has 8 heteroatoms. The Labute approximate surface area is 185 Å². The summed E-state index contributed by atoms with van der Waals surface area (Å²) in [5.41, 5.74) is 1.68. The number of hydrogen-bond donors (Lipinski definition) is 1. The standard InChI is InChI=1S/C22H26BrO6P/c23-13-14-30(26,27)17-20(22(25)29-16-19-9-5-2-6-10-19)11-12-21(24)28-15-18-7-3-1-4-8-18/h1-10,20H,11-17H2,(H,26,27). The van der Waals surface area contributed by atoms with Crippen LogP contribution in [0.1, 0.15) is 24.0 Å². The van der Waals surface area contributed by atoms with Crippen LogP contribution >= 0.6 is 23.3 Å². The quantitative estimate of drug-likeness (QED) is 0.263. The van der Waals surface area contributed by atoms with Gasteiger partial charge in [0.05, 0.1) is 5.92 Å². The molecule has 0 bridgehead atoms. The summed E-state index contributed by atoms with van der Waals surface area (Å²) in [6.07, 6.45) is -0.119. The van der Waals surface area contributed by atoms with Gasteiger partial charge in [-0.1, -0.05) is 76.6 Å². The molecule has 0 aliphatic heterocycles. The largest absolute Gasteiger partial charge is 0.461 e. The fraction of sp³-hybridized carbons (Fsp3) is 0.364. The molecule has 2 unspecified atom stereocenters. The Hall–Kier alpha value is -1.95. The average Bonchev–Trinajstić information content (AvgIpc) is 2.74. The Bertz CT molecular complexity index is 843. The number of carbonyl (C=O) groups is 2. The van der Waals surface area contributed by atoms with Crippen LogP contribution < -0.4 is 0 Å². The molecule has 0 heterocycles. The lowest BCUT2D eigenvalue weighted by Crippen LogP contribution is -2.23. The van der Waals surface area contributed by atoms with Gasteiger partial charge in [-0.25, -0.2) is 0 Å². The highest BCUT2D eigenvalue weighted by Gasteiger charge is 2.30. The van der Waals surface area contributed by atoms with E-state index in [0.717, 1.165) is 11.1 Å². The molecule has 2 aromatic rings. The lowest BCUT2D eigenvalue weighted by atomic mass is 10.1. The Morgan fingerprint density at radius 2 is 1.47 bits per heavy atom. The second kappa shape index (κ2) is 12.7. The third-order valence-electron chi connectivity index (χ3n) is 4.44. The van der Waals surface area contributed by atoms with Crippen LogP contribution in [-0.2, 0) is 36.8 Å². The van der Waals surface area contributed by atoms with Crippen LogP contribution in [0.5, 0.6) is 0 Å². The molecule has 0 aliphatic carbocycles. The van der Waals surface area contributed by atoms with E-state index in [1.165, 1.54) is 0 Å². The Morgan fingerprint density at radius 3 is 2.00 bits per heavy atom. The van der Waals surface area contributed by atoms with Gasteiger partial charge in [-0.3, -0.25) is 14.2 Å². The summed E-state index contributed by atoms with van der Waals surface area (Å²) in [5.74, 6) is -1.90. The van der Waals surface area contributed by atoms with Gasteiger partial charge in [0.1, 0.15) is 13.2 Å². The molecule has 0 saturated carbocycles. The van der Waals surface area contributed by atoms with Crippen LogP contribution in [0.3, 0.4) is 0 Å². The van der Waals surface area contributed by atoms with Gasteiger partial charge in [0.15, 0.2) is 0 Å². The van der Waals surface area contributed by atoms with E-state index in [9.17, 15) is 19.0 Å². The normalized spacial score (nSPS) is 13.8. The van der Waals surface area contributed by atoms with Crippen LogP contribution in [0.25, 0.3) is 0 Å². The molecule has 2 atom stereocenters. The average molecular weight is 497 g/mol. The first-order valence-electron chi connectivity index (χ1n) is 9.66. The molecule has 0 radical (unpaired) electrons. The molecule has 0 spiro atoms. The van der Waals surface area contributed by atoms with Gasteiger partial charge in [0, 0.05) is 24.1 Å². The third-order valence-corrected chi connectivity index (χ3v) is 7.38. The van der Waals surface area contributed by atoms with E-state index in [4.69, 9.17) is 9.47 Å². The van der Waals surface area contributed by atoms with Gasteiger partial charge in [-0.15, -0.1) is 0 Å². The molecule has 0 saturated heterocycles. The van der Waals surface area contributed by atoms with E-state index < -0.39 is 25.2 Å². The van der Waals surface area contributed by atoms with Crippen LogP contribution in [0.15, 0.2) is 60.7 Å². The molecule has 1 N–H and O–H groups in total. The van der Waals surface area contributed by atoms with Crippen LogP contribution in [0.2, 0.25) is 0 Å². The Kier molecular flexibility index (Phi) is 10.3. The fourth-order valence-electron chi connectivity index (χ4n) is 2.80. The number of carbonyl (C=O) groups excluding carboxylic acids is 2. The molecule has 6 nitrogen and oxygen atoms in total. The number of rotatable bonds is 12. The van der Waals surface area contributed by atoms with Gasteiger partial charge >= 0.3 is 11.9 Å². The van der Waals surface area contributed by atoms with Crippen LogP contribution in [0.4, 0.5) is 0 Å². The van der Waals surface area contributed by atoms with Crippen molar-refractivity contribution in [1.29, 1.82) is 0 Å². The predicted octanol–water partition coefficient (Wildman–Crippen LogP) is 4.53. The smallest absolute Gasteiger partial charge is 0.309 e. The first kappa shape index (κ1) is 24.3. The van der Waals surface area contributed by atoms with Crippen molar-refractivity contribution in [1.82, 2.24) is 0 Å². The lowest BCUT2D eigenvalue weighted by molar-refractivity contribution is -0.150. The number of esters is 2. The highest BCUT2D eigenvalue weighted by Crippen LogP contribution is 2.43. The first-order valence-corrected chi connectivity index (χ1v) is 12.8. The van der Waals surface area contributed by atoms with Gasteiger partial charge in [-0.2, -0.15) is 0 Å². The van der Waals surface area contributed by atoms with Crippen molar-refractivity contribution in [3.63, 3.8) is 0 Å². The minimum Gasteiger partial charge on any atom is -0.461 e. The van der Waals surface area contributed by atoms with Gasteiger partial charge < -0.3 is 14.4 Å². The molecule has 2 aromatic carbocycles. The molecule has 162 valence electrons. The van der Waals surface area contributed by atoms with E-state index in [0.29, 0.717) is 5.33 Å². The fourth-order valence-corrected chi connectivity index (χ4v) is 5.93. The minimum absolute atomic E-state index is 0.0355. The third kappa shape index (κ3) is 9.24. The van der Waals surface area contributed by atoms with Crippen molar-refractivity contribution in [2.75, 3.05) is 17.7 Å². The van der Waals surface area contributed by atoms with Crippen molar-refractivity contribution in [3.8, 4) is 0 Å². The van der Waals surface area contributed by atoms with E-state index in [1.807, 2.05) is 60.7 Å². The second-order valence-corrected chi connectivity index (χ2v) is 10.2. The molecule has 0 amide bonds. The summed E-state index contributed by atoms with van der Waals surface area (Å²) in [6.45, 7) is 0.216. The highest BCUT2D eigenvalue weighted by atomic mass is 79.9. The van der Waals surface area contributed by atoms with E-state index in [1.54, 1.807) is 0 Å². The zero-order chi connectivity index (χ0) is 21.8. The van der Waals surface area contributed by atoms with Crippen molar-refractivity contribution < 1.29 is 28.5 Å². The zero-order valence-corrected chi connectivity index (χ0v) is 19.1. The van der Waals surface area contributed by atoms with Gasteiger partial charge in [0.2, 0.25) is 7.37 Å². The lowest BCUT2D eigenvalue weighted by Gasteiger charge is -2.19. The molecule has 0 fully saturated rings. The maximum atomic E-state index is 12.6. The molecule has 30 heavy (non-hydrogen) atoms. The predicted molar refractivity (Wildman–Crippen MR) is 119 cm³/mol. The second-order valence-electron chi connectivity index (χ2n) is 6.92. The summed E-state index contributed by atoms with van der Waals surface area (Å²) in [4.78, 5) is 34.8. The van der Waals surface area contributed by atoms with Crippen molar-refractivity contribution in [2.24, 2.45) is 5.92 Å². The van der Waals surface area contributed by atoms with Crippen molar-refractivity contribution in [3.05, 3.63) is 71.8 Å². The molecule has 0 aliphatic rings. The maximum absolute atomic E-state index is 12.6.